The zero-order valence-electron chi connectivity index (χ0n) is 22.6. The van der Waals surface area contributed by atoms with Gasteiger partial charge < -0.3 is 10.2 Å². The fourth-order valence-electron chi connectivity index (χ4n) is 4.20. The quantitative estimate of drug-likeness (QED) is 0.273. The number of carbonyl (C=O) groups excluding carboxylic acids is 2. The molecule has 7 nitrogen and oxygen atoms in total. The van der Waals surface area contributed by atoms with E-state index in [9.17, 15) is 18.0 Å². The molecular formula is C30H36ClN3O4S. The van der Waals surface area contributed by atoms with Gasteiger partial charge in [-0.25, -0.2) is 8.42 Å². The van der Waals surface area contributed by atoms with Crippen molar-refractivity contribution in [2.75, 3.05) is 17.4 Å². The molecule has 39 heavy (non-hydrogen) atoms. The third-order valence-electron chi connectivity index (χ3n) is 6.45. The van der Waals surface area contributed by atoms with Crippen molar-refractivity contribution >= 4 is 39.1 Å². The number of rotatable bonds is 13. The molecule has 0 aromatic heterocycles. The molecule has 0 bridgehead atoms. The summed E-state index contributed by atoms with van der Waals surface area (Å²) < 4.78 is 28.7. The van der Waals surface area contributed by atoms with Crippen molar-refractivity contribution in [1.82, 2.24) is 10.2 Å². The van der Waals surface area contributed by atoms with Crippen molar-refractivity contribution in [3.05, 3.63) is 95.0 Å². The summed E-state index contributed by atoms with van der Waals surface area (Å²) in [4.78, 5) is 28.7. The van der Waals surface area contributed by atoms with E-state index in [2.05, 4.69) is 5.32 Å². The van der Waals surface area contributed by atoms with Gasteiger partial charge in [0.05, 0.1) is 10.6 Å². The molecule has 1 atom stereocenters. The summed E-state index contributed by atoms with van der Waals surface area (Å²) in [5.41, 5.74) is 1.98. The molecule has 0 radical (unpaired) electrons. The lowest BCUT2D eigenvalue weighted by atomic mass is 10.1. The van der Waals surface area contributed by atoms with Gasteiger partial charge in [0.1, 0.15) is 12.6 Å². The first-order chi connectivity index (χ1) is 18.7. The molecule has 0 aliphatic rings. The molecule has 2 amide bonds. The molecule has 0 fully saturated rings. The first-order valence-corrected chi connectivity index (χ1v) is 15.0. The smallest absolute Gasteiger partial charge is 0.264 e. The molecule has 3 aromatic carbocycles. The van der Waals surface area contributed by atoms with Crippen LogP contribution in [0.5, 0.6) is 0 Å². The maximum Gasteiger partial charge on any atom is 0.264 e. The SMILES string of the molecule is CCCCNC(=O)[C@H](CC)N(Cc1ccccc1Cl)C(=O)CN(c1ccc(C)cc1)S(=O)(=O)c1ccccc1. The Morgan fingerprint density at radius 1 is 0.923 bits per heavy atom. The monoisotopic (exact) mass is 569 g/mol. The highest BCUT2D eigenvalue weighted by molar-refractivity contribution is 7.92. The normalized spacial score (nSPS) is 12.0. The van der Waals surface area contributed by atoms with Crippen molar-refractivity contribution in [1.29, 1.82) is 0 Å². The van der Waals surface area contributed by atoms with Crippen LogP contribution in [0.3, 0.4) is 0 Å². The zero-order valence-corrected chi connectivity index (χ0v) is 24.2. The van der Waals surface area contributed by atoms with E-state index >= 15 is 0 Å². The lowest BCUT2D eigenvalue weighted by Crippen LogP contribution is -2.52. The number of benzene rings is 3. The third kappa shape index (κ3) is 7.83. The predicted octanol–water partition coefficient (Wildman–Crippen LogP) is 5.57. The Kier molecular flexibility index (Phi) is 10.9. The van der Waals surface area contributed by atoms with Crippen LogP contribution >= 0.6 is 11.6 Å². The average Bonchev–Trinajstić information content (AvgIpc) is 2.93. The highest BCUT2D eigenvalue weighted by Gasteiger charge is 2.33. The number of hydrogen-bond donors (Lipinski definition) is 1. The van der Waals surface area contributed by atoms with E-state index in [1.807, 2.05) is 26.8 Å². The summed E-state index contributed by atoms with van der Waals surface area (Å²) >= 11 is 6.43. The van der Waals surface area contributed by atoms with Gasteiger partial charge in [0.15, 0.2) is 0 Å². The number of nitrogens with zero attached hydrogens (tertiary/aromatic N) is 2. The Morgan fingerprint density at radius 3 is 2.18 bits per heavy atom. The number of halogens is 1. The minimum atomic E-state index is -4.09. The molecule has 9 heteroatoms. The molecule has 0 aliphatic carbocycles. The average molecular weight is 570 g/mol. The van der Waals surface area contributed by atoms with Crippen molar-refractivity contribution in [3.63, 3.8) is 0 Å². The Hall–Kier alpha value is -3.36. The topological polar surface area (TPSA) is 86.8 Å². The summed E-state index contributed by atoms with van der Waals surface area (Å²) in [6.07, 6.45) is 2.09. The second-order valence-corrected chi connectivity index (χ2v) is 11.6. The van der Waals surface area contributed by atoms with Gasteiger partial charge in [0.2, 0.25) is 11.8 Å². The molecular weight excluding hydrogens is 534 g/mol. The van der Waals surface area contributed by atoms with E-state index in [4.69, 9.17) is 11.6 Å². The fourth-order valence-corrected chi connectivity index (χ4v) is 5.83. The molecule has 0 unspecified atom stereocenters. The van der Waals surface area contributed by atoms with Crippen LogP contribution in [0.15, 0.2) is 83.8 Å². The van der Waals surface area contributed by atoms with Gasteiger partial charge in [-0.2, -0.15) is 0 Å². The van der Waals surface area contributed by atoms with Gasteiger partial charge in [-0.3, -0.25) is 13.9 Å². The van der Waals surface area contributed by atoms with E-state index < -0.39 is 28.5 Å². The second kappa shape index (κ2) is 14.1. The predicted molar refractivity (Wildman–Crippen MR) is 156 cm³/mol. The van der Waals surface area contributed by atoms with E-state index in [0.717, 1.165) is 22.7 Å². The van der Waals surface area contributed by atoms with Crippen LogP contribution in [0.2, 0.25) is 5.02 Å². The number of amides is 2. The van der Waals surface area contributed by atoms with Crippen LogP contribution < -0.4 is 9.62 Å². The highest BCUT2D eigenvalue weighted by Crippen LogP contribution is 2.26. The van der Waals surface area contributed by atoms with Crippen LogP contribution in [-0.2, 0) is 26.2 Å². The lowest BCUT2D eigenvalue weighted by Gasteiger charge is -2.33. The van der Waals surface area contributed by atoms with Crippen molar-refractivity contribution in [2.45, 2.75) is 57.5 Å². The van der Waals surface area contributed by atoms with Crippen LogP contribution in [0, 0.1) is 6.92 Å². The number of unbranched alkanes of at least 4 members (excludes halogenated alkanes) is 1. The summed E-state index contributed by atoms with van der Waals surface area (Å²) in [6, 6.07) is 21.3. The Labute approximate surface area is 236 Å². The first-order valence-electron chi connectivity index (χ1n) is 13.1. The van der Waals surface area contributed by atoms with Gasteiger partial charge in [-0.1, -0.05) is 86.0 Å². The van der Waals surface area contributed by atoms with Gasteiger partial charge in [0.25, 0.3) is 10.0 Å². The summed E-state index contributed by atoms with van der Waals surface area (Å²) in [5, 5.41) is 3.38. The number of sulfonamides is 1. The molecule has 208 valence electrons. The van der Waals surface area contributed by atoms with Gasteiger partial charge in [0, 0.05) is 18.1 Å². The molecule has 0 saturated heterocycles. The summed E-state index contributed by atoms with van der Waals surface area (Å²) in [6.45, 7) is 5.84. The van der Waals surface area contributed by atoms with Crippen LogP contribution in [-0.4, -0.2) is 44.3 Å². The Bertz CT molecular complexity index is 1350. The van der Waals surface area contributed by atoms with Crippen molar-refractivity contribution in [3.8, 4) is 0 Å². The molecule has 3 aromatic rings. The number of carbonyl (C=O) groups is 2. The third-order valence-corrected chi connectivity index (χ3v) is 8.60. The van der Waals surface area contributed by atoms with E-state index in [1.54, 1.807) is 60.7 Å². The van der Waals surface area contributed by atoms with E-state index in [1.165, 1.54) is 17.0 Å². The Balaban J connectivity index is 2.02. The highest BCUT2D eigenvalue weighted by atomic mass is 35.5. The number of hydrogen-bond acceptors (Lipinski definition) is 4. The van der Waals surface area contributed by atoms with Crippen molar-refractivity contribution in [2.24, 2.45) is 0 Å². The van der Waals surface area contributed by atoms with Crippen molar-refractivity contribution < 1.29 is 18.0 Å². The second-order valence-electron chi connectivity index (χ2n) is 9.34. The Morgan fingerprint density at radius 2 is 1.56 bits per heavy atom. The van der Waals surface area contributed by atoms with Gasteiger partial charge >= 0.3 is 0 Å². The maximum absolute atomic E-state index is 14.0. The molecule has 0 heterocycles. The molecule has 1 N–H and O–H groups in total. The standard InChI is InChI=1S/C30H36ClN3O4S/c1-4-6-20-32-30(36)28(5-2)33(21-24-12-10-11-15-27(24)31)29(35)22-34(25-18-16-23(3)17-19-25)39(37,38)26-13-8-7-9-14-26/h7-19,28H,4-6,20-22H2,1-3H3,(H,32,36)/t28-/m0/s1. The minimum absolute atomic E-state index is 0.0608. The minimum Gasteiger partial charge on any atom is -0.354 e. The fraction of sp³-hybridized carbons (Fsp3) is 0.333. The van der Waals surface area contributed by atoms with Gasteiger partial charge in [-0.05, 0) is 55.7 Å². The number of nitrogens with one attached hydrogen (secondary N) is 1. The molecule has 0 aliphatic heterocycles. The number of anilines is 1. The summed E-state index contributed by atoms with van der Waals surface area (Å²) in [7, 11) is -4.09. The van der Waals surface area contributed by atoms with Gasteiger partial charge in [-0.15, -0.1) is 0 Å². The first kappa shape index (κ1) is 30.2. The number of aryl methyl sites for hydroxylation is 1. The molecule has 3 rings (SSSR count). The zero-order chi connectivity index (χ0) is 28.4. The lowest BCUT2D eigenvalue weighted by molar-refractivity contribution is -0.140. The maximum atomic E-state index is 14.0. The van der Waals surface area contributed by atoms with E-state index in [0.29, 0.717) is 29.2 Å². The molecule has 0 spiro atoms. The largest absolute Gasteiger partial charge is 0.354 e. The van der Waals surface area contributed by atoms with Crippen LogP contribution in [0.1, 0.15) is 44.2 Å². The summed E-state index contributed by atoms with van der Waals surface area (Å²) in [5.74, 6) is -0.786. The van der Waals surface area contributed by atoms with Crippen LogP contribution in [0.4, 0.5) is 5.69 Å². The van der Waals surface area contributed by atoms with Crippen LogP contribution in [0.25, 0.3) is 0 Å². The van der Waals surface area contributed by atoms with E-state index in [-0.39, 0.29) is 17.3 Å². The molecule has 0 saturated carbocycles.